The summed E-state index contributed by atoms with van der Waals surface area (Å²) in [5.41, 5.74) is 5.01. The molecule has 1 unspecified atom stereocenters. The minimum Gasteiger partial charge on any atom is -0.497 e. The molecule has 8 nitrogen and oxygen atoms in total. The molecule has 8 heteroatoms. The zero-order chi connectivity index (χ0) is 23.1. The number of methoxy groups -OCH3 is 2. The van der Waals surface area contributed by atoms with Crippen LogP contribution in [0.25, 0.3) is 33.5 Å². The molecule has 34 heavy (non-hydrogen) atoms. The summed E-state index contributed by atoms with van der Waals surface area (Å²) in [7, 11) is 3.50. The van der Waals surface area contributed by atoms with Gasteiger partial charge in [0.15, 0.2) is 5.82 Å². The number of piperidine rings is 1. The summed E-state index contributed by atoms with van der Waals surface area (Å²) in [4.78, 5) is 13.5. The number of hydrogen-bond donors (Lipinski definition) is 2. The Labute approximate surface area is 199 Å². The Morgan fingerprint density at radius 1 is 1.00 bits per heavy atom. The van der Waals surface area contributed by atoms with Crippen LogP contribution in [0.15, 0.2) is 36.4 Å². The second-order valence-corrected chi connectivity index (χ2v) is 9.48. The van der Waals surface area contributed by atoms with Crippen LogP contribution in [-0.2, 0) is 4.74 Å². The van der Waals surface area contributed by atoms with Gasteiger partial charge in [0.05, 0.1) is 30.3 Å². The van der Waals surface area contributed by atoms with Gasteiger partial charge in [-0.1, -0.05) is 0 Å². The van der Waals surface area contributed by atoms with Crippen LogP contribution in [0.1, 0.15) is 25.7 Å². The number of imidazole rings is 1. The maximum absolute atomic E-state index is 5.47. The van der Waals surface area contributed by atoms with Crippen LogP contribution in [0, 0.1) is 0 Å². The topological polar surface area (TPSA) is 82.3 Å². The Morgan fingerprint density at radius 3 is 2.71 bits per heavy atom. The predicted octanol–water partition coefficient (Wildman–Crippen LogP) is 4.19. The lowest BCUT2D eigenvalue weighted by Crippen LogP contribution is -2.47. The highest BCUT2D eigenvalue weighted by atomic mass is 16.5. The van der Waals surface area contributed by atoms with Gasteiger partial charge >= 0.3 is 0 Å². The first kappa shape index (κ1) is 21.4. The first-order chi connectivity index (χ1) is 16.7. The number of benzene rings is 2. The van der Waals surface area contributed by atoms with Crippen molar-refractivity contribution in [2.24, 2.45) is 0 Å². The number of likely N-dealkylation sites (tertiary alicyclic amines) is 1. The van der Waals surface area contributed by atoms with Crippen LogP contribution >= 0.6 is 0 Å². The van der Waals surface area contributed by atoms with Gasteiger partial charge in [0.2, 0.25) is 0 Å². The molecule has 4 aromatic rings. The third-order valence-corrected chi connectivity index (χ3v) is 7.54. The number of fused-ring (bicyclic) bond motifs is 2. The van der Waals surface area contributed by atoms with Gasteiger partial charge in [0.1, 0.15) is 11.4 Å². The van der Waals surface area contributed by atoms with Gasteiger partial charge in [-0.15, -0.1) is 0 Å². The molecule has 178 valence electrons. The van der Waals surface area contributed by atoms with Crippen LogP contribution in [-0.4, -0.2) is 77.6 Å². The number of rotatable bonds is 6. The molecule has 2 fully saturated rings. The van der Waals surface area contributed by atoms with E-state index in [1.54, 1.807) is 7.11 Å². The Kier molecular flexibility index (Phi) is 5.63. The van der Waals surface area contributed by atoms with Gasteiger partial charge in [-0.2, -0.15) is 5.10 Å². The van der Waals surface area contributed by atoms with Crippen LogP contribution < -0.4 is 9.64 Å². The number of nitrogens with zero attached hydrogens (tertiary/aromatic N) is 4. The average molecular weight is 461 g/mol. The molecule has 2 aromatic heterocycles. The molecule has 2 saturated heterocycles. The molecule has 0 bridgehead atoms. The minimum absolute atomic E-state index is 0.597. The molecule has 0 aliphatic carbocycles. The zero-order valence-corrected chi connectivity index (χ0v) is 19.9. The Bertz CT molecular complexity index is 1290. The first-order valence-corrected chi connectivity index (χ1v) is 12.3. The Morgan fingerprint density at radius 2 is 1.88 bits per heavy atom. The Hall–Kier alpha value is -3.10. The normalized spacial score (nSPS) is 20.1. The van der Waals surface area contributed by atoms with Gasteiger partial charge in [-0.3, -0.25) is 10.00 Å². The molecule has 2 aromatic carbocycles. The fraction of sp³-hybridized carbons (Fsp3) is 0.462. The van der Waals surface area contributed by atoms with Gasteiger partial charge in [0, 0.05) is 43.4 Å². The number of aromatic nitrogens is 4. The van der Waals surface area contributed by atoms with Crippen molar-refractivity contribution in [2.75, 3.05) is 45.4 Å². The molecule has 2 aliphatic rings. The molecule has 0 radical (unpaired) electrons. The quantitative estimate of drug-likeness (QED) is 0.449. The summed E-state index contributed by atoms with van der Waals surface area (Å²) < 4.78 is 10.9. The molecular formula is C26H32N6O2. The molecule has 0 spiro atoms. The number of anilines is 1. The third-order valence-electron chi connectivity index (χ3n) is 7.54. The number of hydrogen-bond acceptors (Lipinski definition) is 6. The molecule has 0 saturated carbocycles. The number of ether oxygens (including phenoxy) is 2. The van der Waals surface area contributed by atoms with Crippen LogP contribution in [0.2, 0.25) is 0 Å². The van der Waals surface area contributed by atoms with E-state index in [1.807, 2.05) is 25.3 Å². The third kappa shape index (κ3) is 3.80. The van der Waals surface area contributed by atoms with Crippen molar-refractivity contribution in [3.8, 4) is 17.3 Å². The molecule has 6 rings (SSSR count). The minimum atomic E-state index is 0.597. The summed E-state index contributed by atoms with van der Waals surface area (Å²) in [6.07, 6.45) is 4.97. The second kappa shape index (κ2) is 8.92. The van der Waals surface area contributed by atoms with Crippen molar-refractivity contribution >= 4 is 27.6 Å². The van der Waals surface area contributed by atoms with Crippen molar-refractivity contribution in [2.45, 2.75) is 37.8 Å². The van der Waals surface area contributed by atoms with E-state index in [-0.39, 0.29) is 0 Å². The van der Waals surface area contributed by atoms with E-state index in [2.05, 4.69) is 43.2 Å². The summed E-state index contributed by atoms with van der Waals surface area (Å²) in [5.74, 6) is 1.57. The van der Waals surface area contributed by atoms with E-state index in [0.717, 1.165) is 58.9 Å². The second-order valence-electron chi connectivity index (χ2n) is 9.48. The van der Waals surface area contributed by atoms with Crippen molar-refractivity contribution < 1.29 is 9.47 Å². The summed E-state index contributed by atoms with van der Waals surface area (Å²) in [6.45, 7) is 4.24. The fourth-order valence-corrected chi connectivity index (χ4v) is 5.77. The predicted molar refractivity (Wildman–Crippen MR) is 135 cm³/mol. The first-order valence-electron chi connectivity index (χ1n) is 12.3. The van der Waals surface area contributed by atoms with Gasteiger partial charge in [-0.05, 0) is 68.6 Å². The smallest absolute Gasteiger partial charge is 0.159 e. The highest BCUT2D eigenvalue weighted by Crippen LogP contribution is 2.32. The van der Waals surface area contributed by atoms with Crippen molar-refractivity contribution in [3.05, 3.63) is 36.4 Å². The van der Waals surface area contributed by atoms with E-state index in [0.29, 0.717) is 12.1 Å². The maximum atomic E-state index is 5.47. The van der Waals surface area contributed by atoms with Gasteiger partial charge < -0.3 is 19.4 Å². The van der Waals surface area contributed by atoms with Crippen molar-refractivity contribution in [3.63, 3.8) is 0 Å². The average Bonchev–Trinajstić information content (AvgIpc) is 3.61. The SMILES string of the molecule is COCC1CCCN1C1CCN(c2ccc3nc(-c4n[nH]c5ccc(OC)cc45)[nH]c3c2)CC1. The monoisotopic (exact) mass is 460 g/mol. The van der Waals surface area contributed by atoms with Crippen LogP contribution in [0.4, 0.5) is 5.69 Å². The molecular weight excluding hydrogens is 428 g/mol. The standard InChI is InChI=1S/C26H32N6O2/c1-33-16-19-4-3-11-32(19)17-9-12-31(13-10-17)18-5-7-23-24(14-18)28-26(27-23)25-21-15-20(34-2)6-8-22(21)29-30-25/h5-8,14-15,17,19H,3-4,9-13,16H2,1-2H3,(H,27,28)(H,29,30). The lowest BCUT2D eigenvalue weighted by molar-refractivity contribution is 0.0799. The van der Waals surface area contributed by atoms with Crippen molar-refractivity contribution in [1.82, 2.24) is 25.1 Å². The zero-order valence-electron chi connectivity index (χ0n) is 19.9. The van der Waals surface area contributed by atoms with Gasteiger partial charge in [0.25, 0.3) is 0 Å². The Balaban J connectivity index is 1.20. The lowest BCUT2D eigenvalue weighted by atomic mass is 10.0. The molecule has 0 amide bonds. The largest absolute Gasteiger partial charge is 0.497 e. The number of aromatic amines is 2. The molecule has 4 heterocycles. The maximum Gasteiger partial charge on any atom is 0.159 e. The van der Waals surface area contributed by atoms with Crippen LogP contribution in [0.5, 0.6) is 5.75 Å². The van der Waals surface area contributed by atoms with E-state index < -0.39 is 0 Å². The molecule has 2 aliphatic heterocycles. The summed E-state index contributed by atoms with van der Waals surface area (Å²) >= 11 is 0. The highest BCUT2D eigenvalue weighted by molar-refractivity contribution is 5.94. The van der Waals surface area contributed by atoms with Gasteiger partial charge in [-0.25, -0.2) is 4.98 Å². The summed E-state index contributed by atoms with van der Waals surface area (Å²) in [6, 6.07) is 13.7. The number of H-pyrrole nitrogens is 2. The van der Waals surface area contributed by atoms with E-state index >= 15 is 0 Å². The molecule has 2 N–H and O–H groups in total. The number of nitrogens with one attached hydrogen (secondary N) is 2. The fourth-order valence-electron chi connectivity index (χ4n) is 5.77. The van der Waals surface area contributed by atoms with E-state index in [9.17, 15) is 0 Å². The molecule has 1 atom stereocenters. The van der Waals surface area contributed by atoms with Crippen LogP contribution in [0.3, 0.4) is 0 Å². The lowest BCUT2D eigenvalue weighted by Gasteiger charge is -2.40. The highest BCUT2D eigenvalue weighted by Gasteiger charge is 2.32. The van der Waals surface area contributed by atoms with Crippen molar-refractivity contribution in [1.29, 1.82) is 0 Å². The van der Waals surface area contributed by atoms with E-state index in [4.69, 9.17) is 14.5 Å². The van der Waals surface area contributed by atoms with E-state index in [1.165, 1.54) is 37.9 Å². The summed E-state index contributed by atoms with van der Waals surface area (Å²) in [5, 5.41) is 8.61.